The van der Waals surface area contributed by atoms with Gasteiger partial charge in [0.05, 0.1) is 7.11 Å². The van der Waals surface area contributed by atoms with Crippen molar-refractivity contribution in [3.63, 3.8) is 0 Å². The molecule has 1 heterocycles. The molecule has 0 radical (unpaired) electrons. The van der Waals surface area contributed by atoms with E-state index >= 15 is 0 Å². The summed E-state index contributed by atoms with van der Waals surface area (Å²) in [6, 6.07) is 7.39. The number of nitrogens with zero attached hydrogens (tertiary/aromatic N) is 2. The lowest BCUT2D eigenvalue weighted by Crippen LogP contribution is -2.52. The Labute approximate surface area is 132 Å². The zero-order valence-corrected chi connectivity index (χ0v) is 13.7. The van der Waals surface area contributed by atoms with E-state index in [1.54, 1.807) is 7.11 Å². The van der Waals surface area contributed by atoms with Gasteiger partial charge in [-0.1, -0.05) is 19.9 Å². The van der Waals surface area contributed by atoms with Gasteiger partial charge < -0.3 is 19.3 Å². The summed E-state index contributed by atoms with van der Waals surface area (Å²) in [6.07, 6.45) is 0.226. The van der Waals surface area contributed by atoms with Crippen LogP contribution < -0.4 is 9.47 Å². The van der Waals surface area contributed by atoms with E-state index < -0.39 is 6.10 Å². The quantitative estimate of drug-likeness (QED) is 0.806. The number of piperazine rings is 1. The number of hydrogen-bond acceptors (Lipinski definition) is 4. The maximum Gasteiger partial charge on any atom is 0.263 e. The highest BCUT2D eigenvalue weighted by Crippen LogP contribution is 2.21. The number of carbonyl (C=O) groups excluding carboxylic acids is 1. The van der Waals surface area contributed by atoms with Crippen LogP contribution in [-0.4, -0.2) is 61.6 Å². The Bertz CT molecular complexity index is 485. The van der Waals surface area contributed by atoms with Crippen LogP contribution in [0.2, 0.25) is 0 Å². The van der Waals surface area contributed by atoms with Gasteiger partial charge in [0.15, 0.2) is 6.10 Å². The van der Waals surface area contributed by atoms with Crippen molar-refractivity contribution in [2.45, 2.75) is 26.4 Å². The number of hydrogen-bond donors (Lipinski definition) is 0. The molecule has 0 bridgehead atoms. The van der Waals surface area contributed by atoms with Gasteiger partial charge in [-0.05, 0) is 25.1 Å². The van der Waals surface area contributed by atoms with Gasteiger partial charge in [0.25, 0.3) is 5.91 Å². The molecular formula is C17H26N2O3. The lowest BCUT2D eigenvalue weighted by molar-refractivity contribution is -0.140. The average molecular weight is 306 g/mol. The lowest BCUT2D eigenvalue weighted by Gasteiger charge is -2.35. The molecule has 0 saturated carbocycles. The first-order valence-electron chi connectivity index (χ1n) is 7.99. The minimum atomic E-state index is -0.430. The zero-order chi connectivity index (χ0) is 15.9. The highest BCUT2D eigenvalue weighted by molar-refractivity contribution is 5.81. The van der Waals surface area contributed by atoms with Crippen molar-refractivity contribution in [2.75, 3.05) is 39.8 Å². The van der Waals surface area contributed by atoms with Crippen LogP contribution in [0.1, 0.15) is 20.3 Å². The smallest absolute Gasteiger partial charge is 0.263 e. The minimum absolute atomic E-state index is 0.0843. The van der Waals surface area contributed by atoms with Crippen molar-refractivity contribution in [1.82, 2.24) is 9.80 Å². The third kappa shape index (κ3) is 4.13. The Kier molecular flexibility index (Phi) is 6.07. The van der Waals surface area contributed by atoms with Gasteiger partial charge in [-0.2, -0.15) is 0 Å². The van der Waals surface area contributed by atoms with E-state index in [1.165, 1.54) is 0 Å². The molecule has 0 aliphatic carbocycles. The molecule has 0 N–H and O–H groups in total. The molecule has 1 atom stereocenters. The topological polar surface area (TPSA) is 42.0 Å². The molecule has 1 aromatic carbocycles. The van der Waals surface area contributed by atoms with Crippen LogP contribution in [-0.2, 0) is 4.79 Å². The predicted molar refractivity (Wildman–Crippen MR) is 86.4 cm³/mol. The molecule has 1 saturated heterocycles. The first-order chi connectivity index (χ1) is 10.7. The molecule has 1 amide bonds. The summed E-state index contributed by atoms with van der Waals surface area (Å²) in [5.41, 5.74) is 0. The molecule has 1 aliphatic heterocycles. The van der Waals surface area contributed by atoms with Crippen molar-refractivity contribution in [3.8, 4) is 11.5 Å². The Balaban J connectivity index is 1.97. The first-order valence-corrected chi connectivity index (χ1v) is 7.99. The number of amides is 1. The summed E-state index contributed by atoms with van der Waals surface area (Å²) in [4.78, 5) is 16.9. The Morgan fingerprint density at radius 3 is 2.45 bits per heavy atom. The van der Waals surface area contributed by atoms with Gasteiger partial charge in [-0.3, -0.25) is 4.79 Å². The monoisotopic (exact) mass is 306 g/mol. The van der Waals surface area contributed by atoms with Crippen molar-refractivity contribution >= 4 is 5.91 Å². The lowest BCUT2D eigenvalue weighted by atomic mass is 10.2. The van der Waals surface area contributed by atoms with Crippen molar-refractivity contribution in [2.24, 2.45) is 0 Å². The van der Waals surface area contributed by atoms with Crippen LogP contribution in [0.3, 0.4) is 0 Å². The zero-order valence-electron chi connectivity index (χ0n) is 13.7. The second-order valence-electron chi connectivity index (χ2n) is 5.45. The average Bonchev–Trinajstić information content (AvgIpc) is 2.59. The molecule has 0 spiro atoms. The highest BCUT2D eigenvalue weighted by Gasteiger charge is 2.27. The Morgan fingerprint density at radius 2 is 1.86 bits per heavy atom. The maximum absolute atomic E-state index is 12.6. The van der Waals surface area contributed by atoms with Gasteiger partial charge in [-0.15, -0.1) is 0 Å². The van der Waals surface area contributed by atoms with Crippen molar-refractivity contribution in [1.29, 1.82) is 0 Å². The summed E-state index contributed by atoms with van der Waals surface area (Å²) in [6.45, 7) is 8.62. The van der Waals surface area contributed by atoms with Crippen LogP contribution in [0.15, 0.2) is 24.3 Å². The maximum atomic E-state index is 12.6. The third-order valence-electron chi connectivity index (χ3n) is 4.10. The predicted octanol–water partition coefficient (Wildman–Crippen LogP) is 2.02. The van der Waals surface area contributed by atoms with Crippen LogP contribution in [0.4, 0.5) is 0 Å². The van der Waals surface area contributed by atoms with E-state index in [1.807, 2.05) is 36.1 Å². The Hall–Kier alpha value is -1.75. The van der Waals surface area contributed by atoms with Crippen LogP contribution in [0, 0.1) is 0 Å². The summed E-state index contributed by atoms with van der Waals surface area (Å²) in [5, 5.41) is 0. The fraction of sp³-hybridized carbons (Fsp3) is 0.588. The largest absolute Gasteiger partial charge is 0.497 e. The van der Waals surface area contributed by atoms with Gasteiger partial charge in [-0.25, -0.2) is 0 Å². The molecule has 122 valence electrons. The first kappa shape index (κ1) is 16.6. The van der Waals surface area contributed by atoms with E-state index in [0.29, 0.717) is 12.2 Å². The summed E-state index contributed by atoms with van der Waals surface area (Å²) in [5.74, 6) is 1.49. The van der Waals surface area contributed by atoms with E-state index in [-0.39, 0.29) is 5.91 Å². The van der Waals surface area contributed by atoms with E-state index in [0.717, 1.165) is 38.5 Å². The molecule has 0 aromatic heterocycles. The molecule has 5 heteroatoms. The second-order valence-corrected chi connectivity index (χ2v) is 5.45. The summed E-state index contributed by atoms with van der Waals surface area (Å²) < 4.78 is 11.1. The molecule has 5 nitrogen and oxygen atoms in total. The molecule has 22 heavy (non-hydrogen) atoms. The number of ether oxygens (including phenoxy) is 2. The summed E-state index contributed by atoms with van der Waals surface area (Å²) >= 11 is 0. The molecular weight excluding hydrogens is 280 g/mol. The molecule has 1 fully saturated rings. The SMILES string of the molecule is CC[C@@H](Oc1cccc(OC)c1)C(=O)N1CCN(CC)CC1. The van der Waals surface area contributed by atoms with E-state index in [9.17, 15) is 4.79 Å². The fourth-order valence-electron chi connectivity index (χ4n) is 2.64. The molecule has 2 rings (SSSR count). The van der Waals surface area contributed by atoms with Crippen molar-refractivity contribution < 1.29 is 14.3 Å². The summed E-state index contributed by atoms with van der Waals surface area (Å²) in [7, 11) is 1.62. The molecule has 1 aromatic rings. The van der Waals surface area contributed by atoms with E-state index in [2.05, 4.69) is 11.8 Å². The Morgan fingerprint density at radius 1 is 1.18 bits per heavy atom. The highest BCUT2D eigenvalue weighted by atomic mass is 16.5. The van der Waals surface area contributed by atoms with Gasteiger partial charge in [0, 0.05) is 32.2 Å². The fourth-order valence-corrected chi connectivity index (χ4v) is 2.64. The number of methoxy groups -OCH3 is 1. The van der Waals surface area contributed by atoms with Gasteiger partial charge in [0.1, 0.15) is 11.5 Å². The minimum Gasteiger partial charge on any atom is -0.497 e. The number of likely N-dealkylation sites (N-methyl/N-ethyl adjacent to an activating group) is 1. The van der Waals surface area contributed by atoms with Gasteiger partial charge >= 0.3 is 0 Å². The van der Waals surface area contributed by atoms with Crippen LogP contribution in [0.25, 0.3) is 0 Å². The van der Waals surface area contributed by atoms with E-state index in [4.69, 9.17) is 9.47 Å². The molecule has 1 aliphatic rings. The van der Waals surface area contributed by atoms with Crippen LogP contribution in [0.5, 0.6) is 11.5 Å². The second kappa shape index (κ2) is 8.03. The van der Waals surface area contributed by atoms with Gasteiger partial charge in [0.2, 0.25) is 0 Å². The van der Waals surface area contributed by atoms with Crippen LogP contribution >= 0.6 is 0 Å². The standard InChI is InChI=1S/C17H26N2O3/c1-4-16(22-15-8-6-7-14(13-15)21-3)17(20)19-11-9-18(5-2)10-12-19/h6-8,13,16H,4-5,9-12H2,1-3H3/t16-/m1/s1. The number of benzene rings is 1. The number of carbonyl (C=O) groups is 1. The normalized spacial score (nSPS) is 17.1. The van der Waals surface area contributed by atoms with Crippen molar-refractivity contribution in [3.05, 3.63) is 24.3 Å². The number of rotatable bonds is 6. The third-order valence-corrected chi connectivity index (χ3v) is 4.10. The molecule has 0 unspecified atom stereocenters.